The fourth-order valence-electron chi connectivity index (χ4n) is 4.20. The minimum atomic E-state index is -0.404. The number of nitrogens with zero attached hydrogens (tertiary/aromatic N) is 3. The van der Waals surface area contributed by atoms with E-state index in [1.807, 2.05) is 51.1 Å². The minimum Gasteiger partial charge on any atom is -0.463 e. The van der Waals surface area contributed by atoms with Crippen molar-refractivity contribution in [1.29, 1.82) is 0 Å². The van der Waals surface area contributed by atoms with E-state index in [1.165, 1.54) is 16.3 Å². The van der Waals surface area contributed by atoms with Gasteiger partial charge in [0, 0.05) is 11.4 Å². The highest BCUT2D eigenvalue weighted by Crippen LogP contribution is 2.37. The Labute approximate surface area is 203 Å². The van der Waals surface area contributed by atoms with Crippen LogP contribution in [0.4, 0.5) is 5.95 Å². The highest BCUT2D eigenvalue weighted by molar-refractivity contribution is 7.98. The molecule has 3 aromatic carbocycles. The van der Waals surface area contributed by atoms with Crippen molar-refractivity contribution >= 4 is 34.5 Å². The quantitative estimate of drug-likeness (QED) is 0.280. The number of allylic oxidation sites excluding steroid dienone is 1. The van der Waals surface area contributed by atoms with Crippen LogP contribution >= 0.6 is 11.8 Å². The summed E-state index contributed by atoms with van der Waals surface area (Å²) in [5, 5.41) is 11.2. The molecule has 1 N–H and O–H groups in total. The van der Waals surface area contributed by atoms with E-state index in [1.54, 1.807) is 16.4 Å². The second-order valence-corrected chi connectivity index (χ2v) is 9.27. The summed E-state index contributed by atoms with van der Waals surface area (Å²) in [6.45, 7) is 6.05. The number of ether oxygens (including phenoxy) is 1. The molecule has 0 fully saturated rings. The van der Waals surface area contributed by atoms with Crippen LogP contribution in [-0.2, 0) is 15.3 Å². The summed E-state index contributed by atoms with van der Waals surface area (Å²) in [5.41, 5.74) is 4.61. The first-order valence-corrected chi connectivity index (χ1v) is 12.3. The maximum absolute atomic E-state index is 12.9. The SMILES string of the molecule is CCOC(=O)C1=C(C)Nc2nc(SCc3ccc4ccccc4c3)nn2C1c1ccc(C)cc1. The monoisotopic (exact) mass is 470 g/mol. The lowest BCUT2D eigenvalue weighted by molar-refractivity contribution is -0.139. The van der Waals surface area contributed by atoms with Crippen molar-refractivity contribution in [1.82, 2.24) is 14.8 Å². The maximum atomic E-state index is 12.9. The molecule has 5 rings (SSSR count). The Morgan fingerprint density at radius 3 is 2.59 bits per heavy atom. The molecule has 2 heterocycles. The van der Waals surface area contributed by atoms with Crippen LogP contribution in [0.15, 0.2) is 83.2 Å². The fraction of sp³-hybridized carbons (Fsp3) is 0.222. The molecule has 4 aromatic rings. The van der Waals surface area contributed by atoms with Crippen LogP contribution < -0.4 is 5.32 Å². The average molecular weight is 471 g/mol. The lowest BCUT2D eigenvalue weighted by Crippen LogP contribution is -2.29. The van der Waals surface area contributed by atoms with Gasteiger partial charge in [0.2, 0.25) is 11.1 Å². The van der Waals surface area contributed by atoms with Crippen molar-refractivity contribution in [3.05, 3.63) is 94.7 Å². The number of thioether (sulfide) groups is 1. The van der Waals surface area contributed by atoms with Gasteiger partial charge in [0.05, 0.1) is 12.2 Å². The number of anilines is 1. The Kier molecular flexibility index (Phi) is 6.11. The van der Waals surface area contributed by atoms with Gasteiger partial charge in [-0.1, -0.05) is 84.1 Å². The van der Waals surface area contributed by atoms with Crippen LogP contribution in [-0.4, -0.2) is 27.3 Å². The van der Waals surface area contributed by atoms with Crippen molar-refractivity contribution in [3.8, 4) is 0 Å². The Morgan fingerprint density at radius 2 is 1.82 bits per heavy atom. The highest BCUT2D eigenvalue weighted by atomic mass is 32.2. The standard InChI is InChI=1S/C27H26N4O2S/c1-4-33-25(32)23-18(3)28-26-29-27(30-31(26)24(23)21-12-9-17(2)10-13-21)34-16-19-11-14-20-7-5-6-8-22(20)15-19/h5-15,24H,4,16H2,1-3H3,(H,28,29,30). The molecule has 0 amide bonds. The van der Waals surface area contributed by atoms with Gasteiger partial charge in [-0.2, -0.15) is 4.98 Å². The van der Waals surface area contributed by atoms with E-state index in [0.29, 0.717) is 23.3 Å². The van der Waals surface area contributed by atoms with Gasteiger partial charge in [-0.05, 0) is 42.7 Å². The van der Waals surface area contributed by atoms with Crippen molar-refractivity contribution in [2.45, 2.75) is 37.7 Å². The zero-order valence-electron chi connectivity index (χ0n) is 19.4. The first-order valence-electron chi connectivity index (χ1n) is 11.3. The summed E-state index contributed by atoms with van der Waals surface area (Å²) in [7, 11) is 0. The Bertz CT molecular complexity index is 1390. The first kappa shape index (κ1) is 22.2. The van der Waals surface area contributed by atoms with Gasteiger partial charge < -0.3 is 10.1 Å². The zero-order chi connectivity index (χ0) is 23.7. The largest absolute Gasteiger partial charge is 0.463 e. The van der Waals surface area contributed by atoms with E-state index >= 15 is 0 Å². The van der Waals surface area contributed by atoms with Gasteiger partial charge in [-0.25, -0.2) is 9.48 Å². The molecule has 1 aromatic heterocycles. The van der Waals surface area contributed by atoms with Gasteiger partial charge in [-0.3, -0.25) is 0 Å². The number of hydrogen-bond donors (Lipinski definition) is 1. The van der Waals surface area contributed by atoms with Gasteiger partial charge in [0.25, 0.3) is 0 Å². The Morgan fingerprint density at radius 1 is 1.06 bits per heavy atom. The number of rotatable bonds is 6. The topological polar surface area (TPSA) is 69.0 Å². The summed E-state index contributed by atoms with van der Waals surface area (Å²) in [5.74, 6) is 1.03. The van der Waals surface area contributed by atoms with Crippen LogP contribution in [0, 0.1) is 6.92 Å². The number of hydrogen-bond acceptors (Lipinski definition) is 6. The lowest BCUT2D eigenvalue weighted by Gasteiger charge is -2.28. The molecule has 0 saturated carbocycles. The normalized spacial score (nSPS) is 15.2. The van der Waals surface area contributed by atoms with Crippen molar-refractivity contribution in [2.24, 2.45) is 0 Å². The van der Waals surface area contributed by atoms with Crippen LogP contribution in [0.3, 0.4) is 0 Å². The number of aromatic nitrogens is 3. The molecule has 1 atom stereocenters. The van der Waals surface area contributed by atoms with Crippen LogP contribution in [0.2, 0.25) is 0 Å². The van der Waals surface area contributed by atoms with Gasteiger partial charge in [0.1, 0.15) is 6.04 Å². The summed E-state index contributed by atoms with van der Waals surface area (Å²) in [6, 6.07) is 22.6. The van der Waals surface area contributed by atoms with E-state index in [9.17, 15) is 4.79 Å². The van der Waals surface area contributed by atoms with E-state index < -0.39 is 6.04 Å². The van der Waals surface area contributed by atoms with Gasteiger partial charge in [-0.15, -0.1) is 5.10 Å². The molecule has 1 unspecified atom stereocenters. The molecule has 0 radical (unpaired) electrons. The first-order chi connectivity index (χ1) is 16.5. The number of carbonyl (C=O) groups excluding carboxylic acids is 1. The second-order valence-electron chi connectivity index (χ2n) is 8.33. The number of esters is 1. The Balaban J connectivity index is 1.46. The molecule has 0 bridgehead atoms. The lowest BCUT2D eigenvalue weighted by atomic mass is 9.95. The molecule has 0 spiro atoms. The summed E-state index contributed by atoms with van der Waals surface area (Å²) in [4.78, 5) is 17.6. The van der Waals surface area contributed by atoms with Crippen molar-refractivity contribution < 1.29 is 9.53 Å². The third kappa shape index (κ3) is 4.31. The molecule has 6 nitrogen and oxygen atoms in total. The molecule has 7 heteroatoms. The molecule has 34 heavy (non-hydrogen) atoms. The molecule has 0 aliphatic carbocycles. The molecular weight excluding hydrogens is 444 g/mol. The predicted molar refractivity (Wildman–Crippen MR) is 136 cm³/mol. The zero-order valence-corrected chi connectivity index (χ0v) is 20.2. The third-order valence-electron chi connectivity index (χ3n) is 5.90. The number of nitrogens with one attached hydrogen (secondary N) is 1. The van der Waals surface area contributed by atoms with Crippen LogP contribution in [0.25, 0.3) is 10.8 Å². The fourth-order valence-corrected chi connectivity index (χ4v) is 4.97. The van der Waals surface area contributed by atoms with E-state index in [4.69, 9.17) is 14.8 Å². The van der Waals surface area contributed by atoms with E-state index in [2.05, 4.69) is 41.7 Å². The summed E-state index contributed by atoms with van der Waals surface area (Å²) >= 11 is 1.58. The summed E-state index contributed by atoms with van der Waals surface area (Å²) < 4.78 is 7.18. The predicted octanol–water partition coefficient (Wildman–Crippen LogP) is 5.88. The number of benzene rings is 3. The molecule has 1 aliphatic rings. The van der Waals surface area contributed by atoms with Crippen LogP contribution in [0.5, 0.6) is 0 Å². The van der Waals surface area contributed by atoms with Crippen molar-refractivity contribution in [3.63, 3.8) is 0 Å². The Hall–Kier alpha value is -3.58. The smallest absolute Gasteiger partial charge is 0.338 e. The summed E-state index contributed by atoms with van der Waals surface area (Å²) in [6.07, 6.45) is 0. The van der Waals surface area contributed by atoms with E-state index in [0.717, 1.165) is 22.6 Å². The minimum absolute atomic E-state index is 0.313. The molecule has 1 aliphatic heterocycles. The third-order valence-corrected chi connectivity index (χ3v) is 6.81. The highest BCUT2D eigenvalue weighted by Gasteiger charge is 2.35. The van der Waals surface area contributed by atoms with E-state index in [-0.39, 0.29) is 5.97 Å². The average Bonchev–Trinajstić information content (AvgIpc) is 3.25. The second kappa shape index (κ2) is 9.35. The number of carbonyl (C=O) groups is 1. The molecule has 0 saturated heterocycles. The van der Waals surface area contributed by atoms with Gasteiger partial charge >= 0.3 is 5.97 Å². The molecular formula is C27H26N4O2S. The number of aryl methyl sites for hydroxylation is 1. The van der Waals surface area contributed by atoms with Crippen LogP contribution in [0.1, 0.15) is 36.6 Å². The van der Waals surface area contributed by atoms with Gasteiger partial charge in [0.15, 0.2) is 0 Å². The maximum Gasteiger partial charge on any atom is 0.338 e. The number of fused-ring (bicyclic) bond motifs is 2. The van der Waals surface area contributed by atoms with Crippen molar-refractivity contribution in [2.75, 3.05) is 11.9 Å². The molecule has 172 valence electrons.